The van der Waals surface area contributed by atoms with Crippen LogP contribution < -0.4 is 5.43 Å². The number of nitrogens with one attached hydrogen (secondary N) is 1. The lowest BCUT2D eigenvalue weighted by Crippen LogP contribution is -2.46. The highest BCUT2D eigenvalue weighted by Crippen LogP contribution is 2.20. The van der Waals surface area contributed by atoms with E-state index in [-0.39, 0.29) is 18.2 Å². The number of amides is 3. The Hall–Kier alpha value is -2.43. The Morgan fingerprint density at radius 1 is 1.32 bits per heavy atom. The number of hydrogen-bond donors (Lipinski definition) is 1. The van der Waals surface area contributed by atoms with E-state index in [4.69, 9.17) is 0 Å². The maximum Gasteiger partial charge on any atom is 0.280 e. The molecule has 0 spiro atoms. The summed E-state index contributed by atoms with van der Waals surface area (Å²) < 4.78 is 0. The van der Waals surface area contributed by atoms with Gasteiger partial charge in [-0.2, -0.15) is 5.01 Å². The maximum atomic E-state index is 12.0. The van der Waals surface area contributed by atoms with Gasteiger partial charge < -0.3 is 0 Å². The summed E-state index contributed by atoms with van der Waals surface area (Å²) in [6.45, 7) is 5.41. The van der Waals surface area contributed by atoms with Gasteiger partial charge in [0.1, 0.15) is 0 Å². The second kappa shape index (κ2) is 5.06. The monoisotopic (exact) mass is 258 g/mol. The molecule has 98 valence electrons. The molecule has 0 radical (unpaired) electrons. The van der Waals surface area contributed by atoms with Crippen LogP contribution in [0.1, 0.15) is 34.1 Å². The normalized spacial score (nSPS) is 15.1. The summed E-state index contributed by atoms with van der Waals surface area (Å²) in [6.07, 6.45) is 1.82. The van der Waals surface area contributed by atoms with Crippen LogP contribution in [-0.2, 0) is 4.79 Å². The van der Waals surface area contributed by atoms with E-state index >= 15 is 0 Å². The average molecular weight is 258 g/mol. The molecule has 5 nitrogen and oxygen atoms in total. The molecule has 19 heavy (non-hydrogen) atoms. The first kappa shape index (κ1) is 13.0. The molecule has 1 aliphatic heterocycles. The Morgan fingerprint density at radius 2 is 1.84 bits per heavy atom. The van der Waals surface area contributed by atoms with Gasteiger partial charge in [0.2, 0.25) is 5.91 Å². The van der Waals surface area contributed by atoms with Crippen LogP contribution in [-0.4, -0.2) is 22.7 Å². The van der Waals surface area contributed by atoms with Gasteiger partial charge in [-0.1, -0.05) is 25.1 Å². The minimum atomic E-state index is -0.500. The number of rotatable bonds is 4. The fraction of sp³-hybridized carbons (Fsp3) is 0.214. The van der Waals surface area contributed by atoms with E-state index in [1.807, 2.05) is 6.92 Å². The largest absolute Gasteiger partial charge is 0.280 e. The lowest BCUT2D eigenvalue weighted by atomic mass is 10.1. The van der Waals surface area contributed by atoms with E-state index in [0.29, 0.717) is 11.1 Å². The standard InChI is InChI=1S/C14H14N2O3/c1-3-9(2)8-12(17)15-16-13(18)10-6-4-5-7-11(10)14(16)19/h3-7,9H,1,8H2,2H3,(H,15,17). The van der Waals surface area contributed by atoms with Crippen molar-refractivity contribution in [2.45, 2.75) is 13.3 Å². The summed E-state index contributed by atoms with van der Waals surface area (Å²) >= 11 is 0. The number of hydrazine groups is 1. The predicted octanol–water partition coefficient (Wildman–Crippen LogP) is 1.53. The van der Waals surface area contributed by atoms with Crippen LogP contribution in [0.15, 0.2) is 36.9 Å². The van der Waals surface area contributed by atoms with Crippen LogP contribution in [0.4, 0.5) is 0 Å². The summed E-state index contributed by atoms with van der Waals surface area (Å²) in [5, 5.41) is 0.767. The van der Waals surface area contributed by atoms with Crippen LogP contribution >= 0.6 is 0 Å². The van der Waals surface area contributed by atoms with Gasteiger partial charge in [0.05, 0.1) is 11.1 Å². The van der Waals surface area contributed by atoms with Gasteiger partial charge in [-0.25, -0.2) is 0 Å². The van der Waals surface area contributed by atoms with Crippen molar-refractivity contribution < 1.29 is 14.4 Å². The van der Waals surface area contributed by atoms with Crippen molar-refractivity contribution in [3.63, 3.8) is 0 Å². The number of fused-ring (bicyclic) bond motifs is 1. The molecular weight excluding hydrogens is 244 g/mol. The molecule has 1 heterocycles. The Labute approximate surface area is 110 Å². The van der Waals surface area contributed by atoms with Gasteiger partial charge in [-0.15, -0.1) is 6.58 Å². The summed E-state index contributed by atoms with van der Waals surface area (Å²) in [6, 6.07) is 6.48. The van der Waals surface area contributed by atoms with E-state index < -0.39 is 11.8 Å². The van der Waals surface area contributed by atoms with E-state index in [1.54, 1.807) is 30.3 Å². The number of carbonyl (C=O) groups excluding carboxylic acids is 3. The number of carbonyl (C=O) groups is 3. The van der Waals surface area contributed by atoms with Crippen molar-refractivity contribution in [3.8, 4) is 0 Å². The average Bonchev–Trinajstić information content (AvgIpc) is 2.64. The molecule has 1 N–H and O–H groups in total. The van der Waals surface area contributed by atoms with Gasteiger partial charge >= 0.3 is 0 Å². The molecule has 0 saturated carbocycles. The number of hydrogen-bond acceptors (Lipinski definition) is 3. The fourth-order valence-corrected chi connectivity index (χ4v) is 1.84. The minimum Gasteiger partial charge on any atom is -0.273 e. The first-order chi connectivity index (χ1) is 9.04. The molecule has 5 heteroatoms. The predicted molar refractivity (Wildman–Crippen MR) is 69.1 cm³/mol. The summed E-state index contributed by atoms with van der Waals surface area (Å²) in [5.74, 6) is -1.41. The topological polar surface area (TPSA) is 66.5 Å². The molecule has 0 aliphatic carbocycles. The van der Waals surface area contributed by atoms with Crippen molar-refractivity contribution in [2.75, 3.05) is 0 Å². The molecular formula is C14H14N2O3. The molecule has 0 fully saturated rings. The summed E-state index contributed by atoms with van der Waals surface area (Å²) in [7, 11) is 0. The van der Waals surface area contributed by atoms with Crippen LogP contribution in [0.2, 0.25) is 0 Å². The number of allylic oxidation sites excluding steroid dienone is 1. The third-order valence-electron chi connectivity index (χ3n) is 2.94. The number of nitrogens with zero attached hydrogens (tertiary/aromatic N) is 1. The summed E-state index contributed by atoms with van der Waals surface area (Å²) in [4.78, 5) is 35.6. The van der Waals surface area contributed by atoms with E-state index in [9.17, 15) is 14.4 Å². The highest BCUT2D eigenvalue weighted by atomic mass is 16.2. The molecule has 1 aromatic carbocycles. The van der Waals surface area contributed by atoms with Crippen LogP contribution in [0, 0.1) is 5.92 Å². The molecule has 1 aromatic rings. The first-order valence-electron chi connectivity index (χ1n) is 5.94. The van der Waals surface area contributed by atoms with Crippen molar-refractivity contribution in [3.05, 3.63) is 48.0 Å². The lowest BCUT2D eigenvalue weighted by Gasteiger charge is -2.15. The quantitative estimate of drug-likeness (QED) is 0.657. The minimum absolute atomic E-state index is 0.0183. The van der Waals surface area contributed by atoms with Gasteiger partial charge in [-0.3, -0.25) is 19.8 Å². The molecule has 3 amide bonds. The number of imide groups is 1. The highest BCUT2D eigenvalue weighted by molar-refractivity contribution is 6.21. The zero-order valence-corrected chi connectivity index (χ0v) is 10.6. The Morgan fingerprint density at radius 3 is 2.32 bits per heavy atom. The van der Waals surface area contributed by atoms with Crippen LogP contribution in [0.3, 0.4) is 0 Å². The van der Waals surface area contributed by atoms with Gasteiger partial charge in [0.25, 0.3) is 11.8 Å². The highest BCUT2D eigenvalue weighted by Gasteiger charge is 2.36. The summed E-state index contributed by atoms with van der Waals surface area (Å²) in [5.41, 5.74) is 2.96. The maximum absolute atomic E-state index is 12.0. The van der Waals surface area contributed by atoms with Crippen molar-refractivity contribution in [1.82, 2.24) is 10.4 Å². The Bertz CT molecular complexity index is 531. The third-order valence-corrected chi connectivity index (χ3v) is 2.94. The second-order valence-corrected chi connectivity index (χ2v) is 4.44. The van der Waals surface area contributed by atoms with Gasteiger partial charge in [0.15, 0.2) is 0 Å². The molecule has 1 unspecified atom stereocenters. The zero-order valence-electron chi connectivity index (χ0n) is 10.6. The molecule has 2 rings (SSSR count). The molecule has 0 aromatic heterocycles. The lowest BCUT2D eigenvalue weighted by molar-refractivity contribution is -0.124. The van der Waals surface area contributed by atoms with E-state index in [1.165, 1.54) is 0 Å². The van der Waals surface area contributed by atoms with Crippen LogP contribution in [0.25, 0.3) is 0 Å². The zero-order chi connectivity index (χ0) is 14.0. The first-order valence-corrected chi connectivity index (χ1v) is 5.94. The Kier molecular flexibility index (Phi) is 3.46. The molecule has 1 aliphatic rings. The fourth-order valence-electron chi connectivity index (χ4n) is 1.84. The van der Waals surface area contributed by atoms with Crippen LogP contribution in [0.5, 0.6) is 0 Å². The molecule has 0 saturated heterocycles. The SMILES string of the molecule is C=CC(C)CC(=O)NN1C(=O)c2ccccc2C1=O. The van der Waals surface area contributed by atoms with Crippen molar-refractivity contribution >= 4 is 17.7 Å². The van der Waals surface area contributed by atoms with Gasteiger partial charge in [-0.05, 0) is 18.1 Å². The van der Waals surface area contributed by atoms with Gasteiger partial charge in [0, 0.05) is 6.42 Å². The number of benzene rings is 1. The Balaban J connectivity index is 2.12. The van der Waals surface area contributed by atoms with E-state index in [0.717, 1.165) is 5.01 Å². The van der Waals surface area contributed by atoms with Crippen molar-refractivity contribution in [1.29, 1.82) is 0 Å². The van der Waals surface area contributed by atoms with Crippen molar-refractivity contribution in [2.24, 2.45) is 5.92 Å². The molecule has 1 atom stereocenters. The molecule has 0 bridgehead atoms. The smallest absolute Gasteiger partial charge is 0.273 e. The second-order valence-electron chi connectivity index (χ2n) is 4.44. The van der Waals surface area contributed by atoms with E-state index in [2.05, 4.69) is 12.0 Å². The third kappa shape index (κ3) is 2.40.